The number of imide groups is 1. The Morgan fingerprint density at radius 3 is 2.43 bits per heavy atom. The molecule has 0 bridgehead atoms. The molecule has 13 heteroatoms. The van der Waals surface area contributed by atoms with Crippen LogP contribution in [0.25, 0.3) is 22.6 Å². The summed E-state index contributed by atoms with van der Waals surface area (Å²) in [5.41, 5.74) is 2.39. The molecule has 2 aromatic carbocycles. The summed E-state index contributed by atoms with van der Waals surface area (Å²) in [6.07, 6.45) is 0.0189. The molecule has 5 rings (SSSR count). The number of likely N-dealkylation sites (tertiary alicyclic amines) is 1. The lowest BCUT2D eigenvalue weighted by atomic mass is 10.1. The number of aliphatic hydroxyl groups excluding tert-OH is 1. The Hall–Kier alpha value is -3.91. The van der Waals surface area contributed by atoms with Crippen molar-refractivity contribution >= 4 is 40.8 Å². The molecule has 0 saturated carbocycles. The maximum absolute atomic E-state index is 12.6. The summed E-state index contributed by atoms with van der Waals surface area (Å²) in [5, 5.41) is 10.0. The van der Waals surface area contributed by atoms with Gasteiger partial charge in [-0.2, -0.15) is 0 Å². The van der Waals surface area contributed by atoms with E-state index in [2.05, 4.69) is 24.6 Å². The van der Waals surface area contributed by atoms with E-state index in [9.17, 15) is 23.1 Å². The minimum absolute atomic E-state index is 0.0269. The van der Waals surface area contributed by atoms with Gasteiger partial charge in [-0.05, 0) is 48.5 Å². The van der Waals surface area contributed by atoms with Crippen LogP contribution in [-0.4, -0.2) is 71.3 Å². The van der Waals surface area contributed by atoms with Crippen LogP contribution in [0, 0.1) is 0 Å². The Bertz CT molecular complexity index is 1790. The van der Waals surface area contributed by atoms with Crippen molar-refractivity contribution in [3.63, 3.8) is 0 Å². The van der Waals surface area contributed by atoms with Crippen LogP contribution in [0.15, 0.2) is 65.7 Å². The first kappa shape index (κ1) is 31.5. The molecule has 232 valence electrons. The molecule has 11 nitrogen and oxygen atoms in total. The number of amides is 2. The zero-order valence-corrected chi connectivity index (χ0v) is 27.0. The highest BCUT2D eigenvalue weighted by molar-refractivity contribution is 7.91. The molecule has 0 radical (unpaired) electrons. The van der Waals surface area contributed by atoms with Crippen molar-refractivity contribution in [3.8, 4) is 23.0 Å². The number of hydrogen-bond acceptors (Lipinski definition) is 9. The van der Waals surface area contributed by atoms with Crippen LogP contribution in [0.3, 0.4) is 0 Å². The Morgan fingerprint density at radius 2 is 1.82 bits per heavy atom. The van der Waals surface area contributed by atoms with E-state index in [1.54, 1.807) is 37.4 Å². The number of benzene rings is 2. The molecule has 1 N–H and O–H groups in total. The summed E-state index contributed by atoms with van der Waals surface area (Å²) >= 11 is 0. The Kier molecular flexibility index (Phi) is 9.02. The van der Waals surface area contributed by atoms with Crippen molar-refractivity contribution < 1.29 is 32.6 Å². The van der Waals surface area contributed by atoms with E-state index in [1.807, 2.05) is 22.8 Å². The molecular weight excluding hydrogens is 601 g/mol. The van der Waals surface area contributed by atoms with Crippen LogP contribution in [0.1, 0.15) is 18.9 Å². The number of nitrogens with zero attached hydrogens (tertiary/aromatic N) is 4. The number of imidazole rings is 1. The van der Waals surface area contributed by atoms with E-state index in [0.29, 0.717) is 46.2 Å². The molecule has 0 aliphatic carbocycles. The third kappa shape index (κ3) is 6.91. The van der Waals surface area contributed by atoms with Crippen molar-refractivity contribution in [2.24, 2.45) is 0 Å². The largest absolute Gasteiger partial charge is 0.457 e. The molecule has 1 unspecified atom stereocenters. The third-order valence-electron chi connectivity index (χ3n) is 7.38. The quantitative estimate of drug-likeness (QED) is 0.134. The number of aromatic nitrogens is 3. The molecule has 2 amide bonds. The zero-order chi connectivity index (χ0) is 31.6. The maximum Gasteiger partial charge on any atom is 0.258 e. The van der Waals surface area contributed by atoms with E-state index in [1.165, 1.54) is 12.1 Å². The summed E-state index contributed by atoms with van der Waals surface area (Å²) in [4.78, 5) is 35.8. The lowest BCUT2D eigenvalue weighted by molar-refractivity contribution is -0.141. The smallest absolute Gasteiger partial charge is 0.258 e. The molecule has 1 atom stereocenters. The predicted octanol–water partition coefficient (Wildman–Crippen LogP) is 4.62. The monoisotopic (exact) mass is 636 g/mol. The number of carbonyl (C=O) groups excluding carboxylic acids is 2. The van der Waals surface area contributed by atoms with Gasteiger partial charge in [-0.3, -0.25) is 24.0 Å². The SMILES string of the molecule is CCS(=O)(=O)c1ccc(Oc2cc3nc(-c4ccccn4)n(COCC[Si](C)(C)C)c3cc2CN2C(=O)CC(O)C2=O)cc1. The molecule has 3 heterocycles. The van der Waals surface area contributed by atoms with E-state index >= 15 is 0 Å². The minimum Gasteiger partial charge on any atom is -0.457 e. The predicted molar refractivity (Wildman–Crippen MR) is 167 cm³/mol. The van der Waals surface area contributed by atoms with Crippen LogP contribution in [-0.2, 0) is 37.4 Å². The van der Waals surface area contributed by atoms with Crippen molar-refractivity contribution in [2.75, 3.05) is 12.4 Å². The first-order chi connectivity index (χ1) is 20.9. The molecule has 1 aliphatic heterocycles. The standard InChI is InChI=1S/C31H36N4O7SSi/c1-5-43(39,40)23-11-9-22(10-12-23)42-28-17-25-26(16-21(28)19-34-29(37)18-27(36)31(34)38)35(20-41-14-15-44(2,3)4)30(33-25)24-8-6-7-13-32-24/h6-13,16-17,27,36H,5,14-15,18-20H2,1-4H3. The second-order valence-electron chi connectivity index (χ2n) is 11.9. The Balaban J connectivity index is 1.58. The Labute approximate surface area is 257 Å². The van der Waals surface area contributed by atoms with Gasteiger partial charge < -0.3 is 14.6 Å². The van der Waals surface area contributed by atoms with Gasteiger partial charge in [-0.1, -0.05) is 32.6 Å². The molecular formula is C31H36N4O7SSi. The lowest BCUT2D eigenvalue weighted by Crippen LogP contribution is -2.31. The van der Waals surface area contributed by atoms with Crippen LogP contribution in [0.2, 0.25) is 25.7 Å². The summed E-state index contributed by atoms with van der Waals surface area (Å²) in [5.74, 6) is 0.0735. The number of hydrogen-bond donors (Lipinski definition) is 1. The average molecular weight is 637 g/mol. The molecule has 0 spiro atoms. The normalized spacial score (nSPS) is 15.8. The number of fused-ring (bicyclic) bond motifs is 1. The molecule has 4 aromatic rings. The number of aliphatic hydroxyl groups is 1. The Morgan fingerprint density at radius 1 is 1.07 bits per heavy atom. The van der Waals surface area contributed by atoms with Gasteiger partial charge in [0, 0.05) is 32.5 Å². The number of carbonyl (C=O) groups is 2. The number of ether oxygens (including phenoxy) is 2. The maximum atomic E-state index is 12.6. The highest BCUT2D eigenvalue weighted by atomic mass is 32.2. The van der Waals surface area contributed by atoms with E-state index in [-0.39, 0.29) is 30.3 Å². The zero-order valence-electron chi connectivity index (χ0n) is 25.2. The average Bonchev–Trinajstić information content (AvgIpc) is 3.46. The molecule has 2 aromatic heterocycles. The van der Waals surface area contributed by atoms with E-state index < -0.39 is 35.8 Å². The molecule has 1 fully saturated rings. The molecule has 44 heavy (non-hydrogen) atoms. The second-order valence-corrected chi connectivity index (χ2v) is 19.8. The first-order valence-corrected chi connectivity index (χ1v) is 19.8. The third-order valence-corrected chi connectivity index (χ3v) is 10.8. The van der Waals surface area contributed by atoms with Crippen LogP contribution < -0.4 is 4.74 Å². The lowest BCUT2D eigenvalue weighted by Gasteiger charge is -2.18. The summed E-state index contributed by atoms with van der Waals surface area (Å²) in [6, 6.07) is 16.1. The second kappa shape index (κ2) is 12.6. The van der Waals surface area contributed by atoms with Gasteiger partial charge in [0.05, 0.1) is 34.6 Å². The number of pyridine rings is 1. The van der Waals surface area contributed by atoms with Crippen molar-refractivity contribution in [3.05, 3.63) is 66.4 Å². The van der Waals surface area contributed by atoms with Crippen molar-refractivity contribution in [2.45, 2.75) is 63.3 Å². The number of rotatable bonds is 12. The van der Waals surface area contributed by atoms with Gasteiger partial charge in [-0.25, -0.2) is 13.4 Å². The summed E-state index contributed by atoms with van der Waals surface area (Å²) < 4.78 is 38.8. The molecule has 1 aliphatic rings. The van der Waals surface area contributed by atoms with Gasteiger partial charge in [0.25, 0.3) is 5.91 Å². The highest BCUT2D eigenvalue weighted by Gasteiger charge is 2.37. The fourth-order valence-electron chi connectivity index (χ4n) is 4.78. The van der Waals surface area contributed by atoms with Gasteiger partial charge in [0.1, 0.15) is 30.0 Å². The highest BCUT2D eigenvalue weighted by Crippen LogP contribution is 2.34. The van der Waals surface area contributed by atoms with Crippen LogP contribution in [0.5, 0.6) is 11.5 Å². The molecule has 1 saturated heterocycles. The van der Waals surface area contributed by atoms with Crippen LogP contribution in [0.4, 0.5) is 0 Å². The number of sulfone groups is 1. The summed E-state index contributed by atoms with van der Waals surface area (Å²) in [7, 11) is -4.72. The van der Waals surface area contributed by atoms with Gasteiger partial charge >= 0.3 is 0 Å². The summed E-state index contributed by atoms with van der Waals surface area (Å²) in [6.45, 7) is 9.08. The van der Waals surface area contributed by atoms with Gasteiger partial charge in [0.15, 0.2) is 15.7 Å². The van der Waals surface area contributed by atoms with E-state index in [4.69, 9.17) is 14.5 Å². The van der Waals surface area contributed by atoms with Gasteiger partial charge in [-0.15, -0.1) is 0 Å². The van der Waals surface area contributed by atoms with Crippen molar-refractivity contribution in [1.82, 2.24) is 19.4 Å². The van der Waals surface area contributed by atoms with Gasteiger partial charge in [0.2, 0.25) is 5.91 Å². The first-order valence-electron chi connectivity index (χ1n) is 14.4. The fraction of sp³-hybridized carbons (Fsp3) is 0.355. The van der Waals surface area contributed by atoms with E-state index in [0.717, 1.165) is 10.9 Å². The van der Waals surface area contributed by atoms with Crippen LogP contribution >= 0.6 is 0 Å². The van der Waals surface area contributed by atoms with Crippen molar-refractivity contribution in [1.29, 1.82) is 0 Å². The minimum atomic E-state index is -3.39. The fourth-order valence-corrected chi connectivity index (χ4v) is 6.42. The topological polar surface area (TPSA) is 141 Å².